The Labute approximate surface area is 57.4 Å². The highest BCUT2D eigenvalue weighted by Crippen LogP contribution is 2.20. The summed E-state index contributed by atoms with van der Waals surface area (Å²) in [6.45, 7) is 5.49. The molecule has 0 saturated carbocycles. The Morgan fingerprint density at radius 1 is 1.56 bits per heavy atom. The second kappa shape index (κ2) is 3.21. The van der Waals surface area contributed by atoms with Crippen LogP contribution in [0.15, 0.2) is 0 Å². The third-order valence-electron chi connectivity index (χ3n) is 2.08. The molecule has 1 aliphatic heterocycles. The Kier molecular flexibility index (Phi) is 2.52. The minimum atomic E-state index is 0.564. The van der Waals surface area contributed by atoms with Crippen molar-refractivity contribution in [1.29, 1.82) is 0 Å². The van der Waals surface area contributed by atoms with Crippen LogP contribution >= 0.6 is 0 Å². The first-order valence-electron chi connectivity index (χ1n) is 3.94. The van der Waals surface area contributed by atoms with Crippen molar-refractivity contribution in [1.82, 2.24) is 0 Å². The Morgan fingerprint density at radius 3 is 2.78 bits per heavy atom. The van der Waals surface area contributed by atoms with Gasteiger partial charge in [-0.15, -0.1) is 0 Å². The van der Waals surface area contributed by atoms with Crippen molar-refractivity contribution in [2.24, 2.45) is 5.92 Å². The van der Waals surface area contributed by atoms with Crippen molar-refractivity contribution in [2.75, 3.05) is 6.61 Å². The monoisotopic (exact) mass is 128 g/mol. The number of hydrogen-bond donors (Lipinski definition) is 0. The van der Waals surface area contributed by atoms with Crippen LogP contribution in [0.1, 0.15) is 33.1 Å². The van der Waals surface area contributed by atoms with Crippen LogP contribution in [-0.2, 0) is 4.74 Å². The van der Waals surface area contributed by atoms with Gasteiger partial charge in [0.2, 0.25) is 0 Å². The molecule has 0 aromatic rings. The highest BCUT2D eigenvalue weighted by molar-refractivity contribution is 4.66. The fourth-order valence-corrected chi connectivity index (χ4v) is 1.36. The highest BCUT2D eigenvalue weighted by Gasteiger charge is 2.16. The Morgan fingerprint density at radius 2 is 2.33 bits per heavy atom. The molecule has 1 heterocycles. The number of rotatable bonds is 1. The largest absolute Gasteiger partial charge is 0.378 e. The van der Waals surface area contributed by atoms with Crippen molar-refractivity contribution in [3.05, 3.63) is 0 Å². The molecule has 0 bridgehead atoms. The van der Waals surface area contributed by atoms with E-state index in [0.29, 0.717) is 6.10 Å². The van der Waals surface area contributed by atoms with Gasteiger partial charge in [0.15, 0.2) is 0 Å². The topological polar surface area (TPSA) is 9.23 Å². The van der Waals surface area contributed by atoms with Crippen LogP contribution in [-0.4, -0.2) is 12.7 Å². The zero-order chi connectivity index (χ0) is 6.69. The first kappa shape index (κ1) is 7.07. The summed E-state index contributed by atoms with van der Waals surface area (Å²) in [4.78, 5) is 0. The molecular weight excluding hydrogens is 112 g/mol. The van der Waals surface area contributed by atoms with Gasteiger partial charge in [-0.05, 0) is 25.2 Å². The van der Waals surface area contributed by atoms with Gasteiger partial charge in [0.25, 0.3) is 0 Å². The molecule has 1 rings (SSSR count). The van der Waals surface area contributed by atoms with Gasteiger partial charge in [-0.1, -0.05) is 13.8 Å². The van der Waals surface area contributed by atoms with Crippen molar-refractivity contribution in [3.63, 3.8) is 0 Å². The van der Waals surface area contributed by atoms with Gasteiger partial charge in [-0.3, -0.25) is 0 Å². The summed E-state index contributed by atoms with van der Waals surface area (Å²) in [6.07, 6.45) is 4.28. The van der Waals surface area contributed by atoms with Gasteiger partial charge in [-0.25, -0.2) is 0 Å². The Bertz CT molecular complexity index is 80.6. The van der Waals surface area contributed by atoms with E-state index in [2.05, 4.69) is 13.8 Å². The van der Waals surface area contributed by atoms with E-state index in [-0.39, 0.29) is 0 Å². The minimum Gasteiger partial charge on any atom is -0.378 e. The van der Waals surface area contributed by atoms with E-state index in [1.807, 2.05) is 0 Å². The number of ether oxygens (including phenoxy) is 1. The predicted molar refractivity (Wildman–Crippen MR) is 38.4 cm³/mol. The molecule has 1 heteroatoms. The van der Waals surface area contributed by atoms with Crippen LogP contribution in [0.4, 0.5) is 0 Å². The molecule has 2 atom stereocenters. The molecule has 0 aliphatic carbocycles. The lowest BCUT2D eigenvalue weighted by Gasteiger charge is -2.26. The van der Waals surface area contributed by atoms with E-state index in [1.54, 1.807) is 0 Å². The third-order valence-corrected chi connectivity index (χ3v) is 2.08. The van der Waals surface area contributed by atoms with Crippen molar-refractivity contribution >= 4 is 0 Å². The molecule has 0 aromatic carbocycles. The molecule has 0 unspecified atom stereocenters. The molecule has 0 spiro atoms. The fourth-order valence-electron chi connectivity index (χ4n) is 1.36. The first-order valence-corrected chi connectivity index (χ1v) is 3.94. The molecule has 1 saturated heterocycles. The standard InChI is InChI=1S/C8H16O/c1-3-8-6-7(2)4-5-9-8/h7-8H,3-6H2,1-2H3/t7-,8+/m1/s1. The zero-order valence-corrected chi connectivity index (χ0v) is 6.39. The SMILES string of the molecule is CC[C@H]1C[C@H](C)CCO1. The molecule has 0 radical (unpaired) electrons. The first-order chi connectivity index (χ1) is 4.33. The lowest BCUT2D eigenvalue weighted by Crippen LogP contribution is -2.23. The van der Waals surface area contributed by atoms with Gasteiger partial charge in [-0.2, -0.15) is 0 Å². The Hall–Kier alpha value is -0.0400. The summed E-state index contributed by atoms with van der Waals surface area (Å²) in [6, 6.07) is 0. The smallest absolute Gasteiger partial charge is 0.0575 e. The lowest BCUT2D eigenvalue weighted by molar-refractivity contribution is -0.00644. The maximum absolute atomic E-state index is 5.50. The average Bonchev–Trinajstić information content (AvgIpc) is 1.88. The summed E-state index contributed by atoms with van der Waals surface area (Å²) in [5.74, 6) is 0.892. The van der Waals surface area contributed by atoms with E-state index >= 15 is 0 Å². The van der Waals surface area contributed by atoms with Gasteiger partial charge < -0.3 is 4.74 Å². The van der Waals surface area contributed by atoms with Crippen LogP contribution in [0.25, 0.3) is 0 Å². The molecule has 0 amide bonds. The molecule has 0 aromatic heterocycles. The summed E-state index contributed by atoms with van der Waals surface area (Å²) in [5, 5.41) is 0. The second-order valence-electron chi connectivity index (χ2n) is 3.03. The maximum atomic E-state index is 5.50. The summed E-state index contributed by atoms with van der Waals surface area (Å²) in [5.41, 5.74) is 0. The van der Waals surface area contributed by atoms with Crippen molar-refractivity contribution < 1.29 is 4.74 Å². The fraction of sp³-hybridized carbons (Fsp3) is 1.00. The summed E-state index contributed by atoms with van der Waals surface area (Å²) in [7, 11) is 0. The van der Waals surface area contributed by atoms with Crippen LogP contribution in [0.3, 0.4) is 0 Å². The molecule has 1 aliphatic rings. The minimum absolute atomic E-state index is 0.564. The van der Waals surface area contributed by atoms with E-state index in [4.69, 9.17) is 4.74 Å². The van der Waals surface area contributed by atoms with Gasteiger partial charge in [0.1, 0.15) is 0 Å². The van der Waals surface area contributed by atoms with E-state index in [1.165, 1.54) is 19.3 Å². The van der Waals surface area contributed by atoms with E-state index in [9.17, 15) is 0 Å². The van der Waals surface area contributed by atoms with Gasteiger partial charge >= 0.3 is 0 Å². The van der Waals surface area contributed by atoms with Gasteiger partial charge in [0, 0.05) is 6.61 Å². The van der Waals surface area contributed by atoms with Gasteiger partial charge in [0.05, 0.1) is 6.10 Å². The molecule has 54 valence electrons. The third kappa shape index (κ3) is 1.98. The van der Waals surface area contributed by atoms with Crippen LogP contribution < -0.4 is 0 Å². The average molecular weight is 128 g/mol. The molecule has 9 heavy (non-hydrogen) atoms. The van der Waals surface area contributed by atoms with E-state index < -0.39 is 0 Å². The molecular formula is C8H16O. The van der Waals surface area contributed by atoms with Crippen molar-refractivity contribution in [2.45, 2.75) is 39.2 Å². The predicted octanol–water partition coefficient (Wildman–Crippen LogP) is 2.21. The maximum Gasteiger partial charge on any atom is 0.0575 e. The Balaban J connectivity index is 2.23. The number of hydrogen-bond acceptors (Lipinski definition) is 1. The highest BCUT2D eigenvalue weighted by atomic mass is 16.5. The van der Waals surface area contributed by atoms with E-state index in [0.717, 1.165) is 12.5 Å². The van der Waals surface area contributed by atoms with Crippen molar-refractivity contribution in [3.8, 4) is 0 Å². The molecule has 1 nitrogen and oxygen atoms in total. The van der Waals surface area contributed by atoms with Crippen LogP contribution in [0, 0.1) is 5.92 Å². The lowest BCUT2D eigenvalue weighted by atomic mass is 9.97. The second-order valence-corrected chi connectivity index (χ2v) is 3.03. The molecule has 0 N–H and O–H groups in total. The molecule has 1 fully saturated rings. The van der Waals surface area contributed by atoms with Crippen LogP contribution in [0.2, 0.25) is 0 Å². The quantitative estimate of drug-likeness (QED) is 0.526. The summed E-state index contributed by atoms with van der Waals surface area (Å²) < 4.78 is 5.50. The zero-order valence-electron chi connectivity index (χ0n) is 6.39. The summed E-state index contributed by atoms with van der Waals surface area (Å²) >= 11 is 0. The normalized spacial score (nSPS) is 36.7. The van der Waals surface area contributed by atoms with Crippen LogP contribution in [0.5, 0.6) is 0 Å².